The summed E-state index contributed by atoms with van der Waals surface area (Å²) in [6.45, 7) is 2.05. The zero-order valence-electron chi connectivity index (χ0n) is 17.2. The van der Waals surface area contributed by atoms with Gasteiger partial charge in [-0.2, -0.15) is 0 Å². The molecule has 3 rings (SSSR count). The summed E-state index contributed by atoms with van der Waals surface area (Å²) in [5, 5.41) is 12.5. The molecule has 0 unspecified atom stereocenters. The van der Waals surface area contributed by atoms with Crippen molar-refractivity contribution in [3.63, 3.8) is 0 Å². The molecule has 1 heterocycles. The largest absolute Gasteiger partial charge is 0.482 e. The van der Waals surface area contributed by atoms with Gasteiger partial charge in [0.1, 0.15) is 5.75 Å². The predicted octanol–water partition coefficient (Wildman–Crippen LogP) is 1.37. The number of hydrogen-bond donors (Lipinski definition) is 3. The van der Waals surface area contributed by atoms with Crippen molar-refractivity contribution in [3.8, 4) is 5.75 Å². The lowest BCUT2D eigenvalue weighted by molar-refractivity contribution is -0.139. The van der Waals surface area contributed by atoms with Gasteiger partial charge in [-0.05, 0) is 54.4 Å². The summed E-state index contributed by atoms with van der Waals surface area (Å²) in [5.41, 5.74) is 0.996. The van der Waals surface area contributed by atoms with Crippen LogP contribution in [0.2, 0.25) is 5.02 Å². The first kappa shape index (κ1) is 24.0. The number of carbonyl (C=O) groups is 2. The van der Waals surface area contributed by atoms with Crippen LogP contribution in [0.5, 0.6) is 5.75 Å². The third-order valence-electron chi connectivity index (χ3n) is 4.88. The molecule has 0 atom stereocenters. The highest BCUT2D eigenvalue weighted by Gasteiger charge is 2.22. The van der Waals surface area contributed by atoms with Crippen molar-refractivity contribution in [1.29, 1.82) is 0 Å². The summed E-state index contributed by atoms with van der Waals surface area (Å²) < 4.78 is 32.8. The summed E-state index contributed by atoms with van der Waals surface area (Å²) in [6.07, 6.45) is 0.213. The van der Waals surface area contributed by atoms with E-state index < -0.39 is 22.6 Å². The molecule has 172 valence electrons. The number of amides is 1. The number of halogens is 1. The van der Waals surface area contributed by atoms with E-state index >= 15 is 0 Å². The number of nitrogens with zero attached hydrogens (tertiary/aromatic N) is 1. The molecule has 1 saturated heterocycles. The van der Waals surface area contributed by atoms with Crippen molar-refractivity contribution in [2.75, 3.05) is 39.3 Å². The van der Waals surface area contributed by atoms with Gasteiger partial charge in [-0.1, -0.05) is 11.6 Å². The molecule has 9 nitrogen and oxygen atoms in total. The fourth-order valence-corrected chi connectivity index (χ4v) is 4.43. The number of carboxylic acid groups (broad SMARTS) is 1. The topological polar surface area (TPSA) is 125 Å². The van der Waals surface area contributed by atoms with Crippen LogP contribution in [0.15, 0.2) is 47.4 Å². The Kier molecular flexibility index (Phi) is 8.08. The van der Waals surface area contributed by atoms with E-state index in [4.69, 9.17) is 21.4 Å². The molecule has 2 aromatic rings. The Bertz CT molecular complexity index is 1070. The Hall–Kier alpha value is -2.66. The molecular formula is C21H24ClN3O6S. The minimum Gasteiger partial charge on any atom is -0.482 e. The van der Waals surface area contributed by atoms with Crippen LogP contribution >= 0.6 is 11.6 Å². The van der Waals surface area contributed by atoms with Gasteiger partial charge < -0.3 is 20.1 Å². The third-order valence-corrected chi connectivity index (χ3v) is 6.61. The lowest BCUT2D eigenvalue weighted by Crippen LogP contribution is -2.46. The number of rotatable bonds is 9. The first-order valence-electron chi connectivity index (χ1n) is 9.99. The van der Waals surface area contributed by atoms with Gasteiger partial charge in [-0.3, -0.25) is 4.79 Å². The van der Waals surface area contributed by atoms with Crippen LogP contribution in [0.4, 0.5) is 0 Å². The molecule has 2 aromatic carbocycles. The predicted molar refractivity (Wildman–Crippen MR) is 119 cm³/mol. The van der Waals surface area contributed by atoms with E-state index in [-0.39, 0.29) is 23.8 Å². The zero-order valence-corrected chi connectivity index (χ0v) is 18.8. The highest BCUT2D eigenvalue weighted by Crippen LogP contribution is 2.21. The molecule has 1 fully saturated rings. The van der Waals surface area contributed by atoms with Crippen molar-refractivity contribution in [2.24, 2.45) is 0 Å². The van der Waals surface area contributed by atoms with E-state index in [0.29, 0.717) is 48.1 Å². The summed E-state index contributed by atoms with van der Waals surface area (Å²) in [5.74, 6) is -0.991. The molecular weight excluding hydrogens is 458 g/mol. The molecule has 11 heteroatoms. The number of ether oxygens (including phenoxy) is 1. The number of nitrogens with one attached hydrogen (secondary N) is 2. The Morgan fingerprint density at radius 2 is 1.81 bits per heavy atom. The number of aliphatic carboxylic acids is 1. The maximum atomic E-state index is 13.0. The van der Waals surface area contributed by atoms with Gasteiger partial charge in [-0.15, -0.1) is 0 Å². The van der Waals surface area contributed by atoms with Crippen LogP contribution in [0.25, 0.3) is 0 Å². The molecule has 0 radical (unpaired) electrons. The monoisotopic (exact) mass is 481 g/mol. The Balaban J connectivity index is 1.76. The van der Waals surface area contributed by atoms with Crippen molar-refractivity contribution >= 4 is 33.5 Å². The SMILES string of the molecule is O=C(O)COc1ccc(C(=O)N2CCNCC2)c(CCNS(=O)(=O)c2ccc(Cl)cc2)c1. The van der Waals surface area contributed by atoms with Gasteiger partial charge in [0, 0.05) is 43.3 Å². The highest BCUT2D eigenvalue weighted by molar-refractivity contribution is 7.89. The van der Waals surface area contributed by atoms with E-state index in [9.17, 15) is 18.0 Å². The van der Waals surface area contributed by atoms with Crippen LogP contribution < -0.4 is 14.8 Å². The van der Waals surface area contributed by atoms with Gasteiger partial charge in [0.05, 0.1) is 4.90 Å². The second kappa shape index (κ2) is 10.8. The van der Waals surface area contributed by atoms with Gasteiger partial charge >= 0.3 is 5.97 Å². The Labute approximate surface area is 191 Å². The van der Waals surface area contributed by atoms with E-state index in [2.05, 4.69) is 10.0 Å². The quantitative estimate of drug-likeness (QED) is 0.494. The molecule has 1 amide bonds. The third kappa shape index (κ3) is 6.42. The number of benzene rings is 2. The summed E-state index contributed by atoms with van der Waals surface area (Å²) in [4.78, 5) is 25.6. The summed E-state index contributed by atoms with van der Waals surface area (Å²) in [6, 6.07) is 10.5. The number of hydrogen-bond acceptors (Lipinski definition) is 6. The van der Waals surface area contributed by atoms with E-state index in [1.54, 1.807) is 23.1 Å². The van der Waals surface area contributed by atoms with Gasteiger partial charge in [0.15, 0.2) is 6.61 Å². The molecule has 0 aromatic heterocycles. The highest BCUT2D eigenvalue weighted by atomic mass is 35.5. The van der Waals surface area contributed by atoms with Crippen LogP contribution in [-0.4, -0.2) is 69.6 Å². The fourth-order valence-electron chi connectivity index (χ4n) is 3.28. The first-order valence-corrected chi connectivity index (χ1v) is 11.8. The van der Waals surface area contributed by atoms with E-state index in [1.165, 1.54) is 24.3 Å². The normalized spacial score (nSPS) is 14.2. The van der Waals surface area contributed by atoms with Crippen molar-refractivity contribution in [3.05, 3.63) is 58.6 Å². The molecule has 0 aliphatic carbocycles. The average molecular weight is 482 g/mol. The van der Waals surface area contributed by atoms with Gasteiger partial charge in [0.2, 0.25) is 10.0 Å². The summed E-state index contributed by atoms with van der Waals surface area (Å²) in [7, 11) is -3.75. The van der Waals surface area contributed by atoms with Gasteiger partial charge in [-0.25, -0.2) is 17.9 Å². The number of sulfonamides is 1. The van der Waals surface area contributed by atoms with Crippen molar-refractivity contribution in [1.82, 2.24) is 14.9 Å². The lowest BCUT2D eigenvalue weighted by Gasteiger charge is -2.28. The smallest absolute Gasteiger partial charge is 0.341 e. The standard InChI is InChI=1S/C21H24ClN3O6S/c22-16-1-4-18(5-2-16)32(29,30)24-8-7-15-13-17(31-14-20(26)27)3-6-19(15)21(28)25-11-9-23-10-12-25/h1-6,13,23-24H,7-12,14H2,(H,26,27). The van der Waals surface area contributed by atoms with Crippen molar-refractivity contribution in [2.45, 2.75) is 11.3 Å². The minimum atomic E-state index is -3.75. The maximum Gasteiger partial charge on any atom is 0.341 e. The maximum absolute atomic E-state index is 13.0. The number of carboxylic acids is 1. The average Bonchev–Trinajstić information content (AvgIpc) is 2.78. The number of piperazine rings is 1. The van der Waals surface area contributed by atoms with E-state index in [1.807, 2.05) is 0 Å². The van der Waals surface area contributed by atoms with Crippen LogP contribution in [0.3, 0.4) is 0 Å². The van der Waals surface area contributed by atoms with Crippen LogP contribution in [0.1, 0.15) is 15.9 Å². The molecule has 3 N–H and O–H groups in total. The number of carbonyl (C=O) groups excluding carboxylic acids is 1. The zero-order chi connectivity index (χ0) is 23.1. The van der Waals surface area contributed by atoms with Gasteiger partial charge in [0.25, 0.3) is 5.91 Å². The second-order valence-electron chi connectivity index (χ2n) is 7.15. The Morgan fingerprint density at radius 1 is 1.12 bits per heavy atom. The molecule has 0 bridgehead atoms. The van der Waals surface area contributed by atoms with Crippen LogP contribution in [0, 0.1) is 0 Å². The van der Waals surface area contributed by atoms with Crippen LogP contribution in [-0.2, 0) is 21.2 Å². The molecule has 0 spiro atoms. The second-order valence-corrected chi connectivity index (χ2v) is 9.35. The minimum absolute atomic E-state index is 0.0369. The lowest BCUT2D eigenvalue weighted by atomic mass is 10.0. The first-order chi connectivity index (χ1) is 15.3. The van der Waals surface area contributed by atoms with Crippen molar-refractivity contribution < 1.29 is 27.9 Å². The Morgan fingerprint density at radius 3 is 2.47 bits per heavy atom. The fraction of sp³-hybridized carbons (Fsp3) is 0.333. The molecule has 32 heavy (non-hydrogen) atoms. The molecule has 1 aliphatic heterocycles. The molecule has 0 saturated carbocycles. The summed E-state index contributed by atoms with van der Waals surface area (Å²) >= 11 is 5.81. The molecule has 1 aliphatic rings. The van der Waals surface area contributed by atoms with E-state index in [0.717, 1.165) is 0 Å².